The lowest BCUT2D eigenvalue weighted by Crippen LogP contribution is -2.45. The third kappa shape index (κ3) is 3.22. The zero-order valence-corrected chi connectivity index (χ0v) is 14.9. The van der Waals surface area contributed by atoms with Crippen LogP contribution in [0.25, 0.3) is 0 Å². The van der Waals surface area contributed by atoms with Crippen LogP contribution < -0.4 is 0 Å². The predicted octanol–water partition coefficient (Wildman–Crippen LogP) is 2.61. The molecule has 4 unspecified atom stereocenters. The lowest BCUT2D eigenvalue weighted by atomic mass is 9.72. The van der Waals surface area contributed by atoms with Crippen molar-refractivity contribution in [2.75, 3.05) is 14.2 Å². The van der Waals surface area contributed by atoms with Crippen molar-refractivity contribution in [3.05, 3.63) is 48.4 Å². The van der Waals surface area contributed by atoms with E-state index in [-0.39, 0.29) is 5.91 Å². The van der Waals surface area contributed by atoms with Gasteiger partial charge in [-0.1, -0.05) is 24.3 Å². The van der Waals surface area contributed by atoms with Gasteiger partial charge in [-0.3, -0.25) is 4.79 Å². The van der Waals surface area contributed by atoms with Gasteiger partial charge in [0.15, 0.2) is 0 Å². The Hall–Kier alpha value is -2.14. The maximum atomic E-state index is 12.8. The Bertz CT molecular complexity index is 633. The first-order valence-electron chi connectivity index (χ1n) is 7.95. The molecule has 0 radical (unpaired) electrons. The highest BCUT2D eigenvalue weighted by Gasteiger charge is 2.63. The minimum absolute atomic E-state index is 0.129. The fourth-order valence-corrected chi connectivity index (χ4v) is 3.31. The molecule has 2 heterocycles. The van der Waals surface area contributed by atoms with Crippen LogP contribution in [0.1, 0.15) is 20.8 Å². The number of ether oxygens (including phenoxy) is 2. The fourth-order valence-electron chi connectivity index (χ4n) is 3.31. The Balaban J connectivity index is 2.08. The first kappa shape index (κ1) is 18.2. The Labute approximate surface area is 143 Å². The van der Waals surface area contributed by atoms with Crippen LogP contribution in [0.15, 0.2) is 48.4 Å². The molecule has 5 heteroatoms. The zero-order valence-electron chi connectivity index (χ0n) is 14.9. The van der Waals surface area contributed by atoms with Gasteiger partial charge < -0.3 is 19.2 Å². The summed E-state index contributed by atoms with van der Waals surface area (Å²) in [5, 5.41) is 0. The molecule has 0 aromatic carbocycles. The highest BCUT2D eigenvalue weighted by molar-refractivity contribution is 5.86. The molecule has 0 aromatic rings. The van der Waals surface area contributed by atoms with Crippen LogP contribution >= 0.6 is 0 Å². The zero-order chi connectivity index (χ0) is 18.0. The second-order valence-electron chi connectivity index (χ2n) is 6.60. The maximum absolute atomic E-state index is 12.8. The molecule has 0 spiro atoms. The minimum atomic E-state index is -0.729. The lowest BCUT2D eigenvalue weighted by molar-refractivity contribution is -0.137. The summed E-state index contributed by atoms with van der Waals surface area (Å²) in [6.45, 7) is 5.56. The quantitative estimate of drug-likeness (QED) is 0.325. The molecule has 4 atom stereocenters. The normalized spacial score (nSPS) is 35.1. The number of nitrogens with zero attached hydrogens (tertiary/aromatic N) is 1. The van der Waals surface area contributed by atoms with Crippen molar-refractivity contribution in [1.82, 2.24) is 4.90 Å². The number of carbonyl (C=O) groups is 2. The van der Waals surface area contributed by atoms with Gasteiger partial charge in [0.1, 0.15) is 6.29 Å². The van der Waals surface area contributed by atoms with Crippen LogP contribution in [-0.2, 0) is 19.1 Å². The third-order valence-corrected chi connectivity index (χ3v) is 4.77. The number of carbonyl (C=O) groups excluding carboxylic acids is 2. The Morgan fingerprint density at radius 2 is 1.88 bits per heavy atom. The summed E-state index contributed by atoms with van der Waals surface area (Å²) in [4.78, 5) is 25.9. The van der Waals surface area contributed by atoms with Gasteiger partial charge in [0.05, 0.1) is 35.9 Å². The van der Waals surface area contributed by atoms with Gasteiger partial charge in [-0.15, -0.1) is 0 Å². The molecule has 5 nitrogen and oxygen atoms in total. The molecular weight excluding hydrogens is 306 g/mol. The summed E-state index contributed by atoms with van der Waals surface area (Å²) in [5.74, 6) is -0.320. The van der Waals surface area contributed by atoms with Crippen LogP contribution in [0, 0.1) is 11.8 Å². The first-order chi connectivity index (χ1) is 11.3. The van der Waals surface area contributed by atoms with Crippen molar-refractivity contribution in [2.24, 2.45) is 11.8 Å². The van der Waals surface area contributed by atoms with Crippen molar-refractivity contribution in [3.8, 4) is 0 Å². The molecule has 1 fully saturated rings. The molecule has 24 heavy (non-hydrogen) atoms. The maximum Gasteiger partial charge on any atom is 0.233 e. The summed E-state index contributed by atoms with van der Waals surface area (Å²) in [5.41, 5.74) is -1.42. The topological polar surface area (TPSA) is 55.8 Å². The average molecular weight is 331 g/mol. The van der Waals surface area contributed by atoms with Gasteiger partial charge in [-0.25, -0.2) is 0 Å². The van der Waals surface area contributed by atoms with E-state index in [9.17, 15) is 9.59 Å². The highest BCUT2D eigenvalue weighted by atomic mass is 16.5. The molecule has 2 bridgehead atoms. The molecule has 2 aliphatic rings. The number of methoxy groups -OCH3 is 1. The second kappa shape index (κ2) is 6.77. The van der Waals surface area contributed by atoms with Crippen LogP contribution in [-0.4, -0.2) is 42.5 Å². The van der Waals surface area contributed by atoms with E-state index in [1.807, 2.05) is 51.2 Å². The first-order valence-corrected chi connectivity index (χ1v) is 7.95. The Kier molecular flexibility index (Phi) is 5.13. The summed E-state index contributed by atoms with van der Waals surface area (Å²) in [6, 6.07) is 0. The Morgan fingerprint density at radius 3 is 2.50 bits per heavy atom. The van der Waals surface area contributed by atoms with E-state index in [1.165, 1.54) is 4.90 Å². The molecule has 1 saturated heterocycles. The monoisotopic (exact) mass is 331 g/mol. The van der Waals surface area contributed by atoms with E-state index in [0.29, 0.717) is 0 Å². The molecule has 0 saturated carbocycles. The highest BCUT2D eigenvalue weighted by Crippen LogP contribution is 2.52. The van der Waals surface area contributed by atoms with Crippen molar-refractivity contribution in [3.63, 3.8) is 0 Å². The summed E-state index contributed by atoms with van der Waals surface area (Å²) in [7, 11) is 3.30. The van der Waals surface area contributed by atoms with Crippen LogP contribution in [0.5, 0.6) is 0 Å². The molecular formula is C19H25NO4. The van der Waals surface area contributed by atoms with Gasteiger partial charge in [-0.05, 0) is 32.9 Å². The fraction of sp³-hybridized carbons (Fsp3) is 0.474. The third-order valence-electron chi connectivity index (χ3n) is 4.77. The summed E-state index contributed by atoms with van der Waals surface area (Å²) < 4.78 is 11.0. The molecule has 2 rings (SSSR count). The van der Waals surface area contributed by atoms with Gasteiger partial charge in [0, 0.05) is 13.2 Å². The summed E-state index contributed by atoms with van der Waals surface area (Å²) in [6.07, 6.45) is 13.5. The van der Waals surface area contributed by atoms with Crippen LogP contribution in [0.3, 0.4) is 0 Å². The molecule has 0 aromatic heterocycles. The number of hydrogen-bond acceptors (Lipinski definition) is 4. The molecule has 130 valence electrons. The summed E-state index contributed by atoms with van der Waals surface area (Å²) >= 11 is 0. The largest absolute Gasteiger partial charge is 0.501 e. The van der Waals surface area contributed by atoms with Gasteiger partial charge in [0.2, 0.25) is 5.91 Å². The van der Waals surface area contributed by atoms with E-state index in [1.54, 1.807) is 26.4 Å². The molecule has 2 aliphatic heterocycles. The Morgan fingerprint density at radius 1 is 1.21 bits per heavy atom. The number of fused-ring (bicyclic) bond motifs is 2. The van der Waals surface area contributed by atoms with Crippen molar-refractivity contribution >= 4 is 12.2 Å². The van der Waals surface area contributed by atoms with Crippen LogP contribution in [0.2, 0.25) is 0 Å². The minimum Gasteiger partial charge on any atom is -0.501 e. The van der Waals surface area contributed by atoms with Gasteiger partial charge in [0.25, 0.3) is 0 Å². The van der Waals surface area contributed by atoms with E-state index in [2.05, 4.69) is 0 Å². The number of allylic oxidation sites excluding steroid dienone is 5. The SMILES string of the molecule is CO/C(C)=C/C=C\C=C\N(C)C(=O)C1C(C=O)C2(C)C=CC1(C)O2. The molecule has 0 aliphatic carbocycles. The van der Waals surface area contributed by atoms with Crippen molar-refractivity contribution in [2.45, 2.75) is 32.0 Å². The predicted molar refractivity (Wildman–Crippen MR) is 91.9 cm³/mol. The second-order valence-corrected chi connectivity index (χ2v) is 6.60. The van der Waals surface area contributed by atoms with E-state index in [0.717, 1.165) is 12.0 Å². The number of aldehydes is 1. The number of rotatable bonds is 6. The van der Waals surface area contributed by atoms with Gasteiger partial charge >= 0.3 is 0 Å². The van der Waals surface area contributed by atoms with Crippen molar-refractivity contribution in [1.29, 1.82) is 0 Å². The molecule has 1 amide bonds. The van der Waals surface area contributed by atoms with Crippen molar-refractivity contribution < 1.29 is 19.1 Å². The van der Waals surface area contributed by atoms with E-state index in [4.69, 9.17) is 9.47 Å². The standard InChI is InChI=1S/C19H25NO4/c1-14(23-5)9-7-6-8-12-20(4)17(22)16-15(13-21)18(2)10-11-19(16,3)24-18/h6-13,15-16H,1-5H3/b7-6-,12-8+,14-9+. The number of hydrogen-bond donors (Lipinski definition) is 0. The smallest absolute Gasteiger partial charge is 0.233 e. The van der Waals surface area contributed by atoms with Gasteiger partial charge in [-0.2, -0.15) is 0 Å². The van der Waals surface area contributed by atoms with E-state index >= 15 is 0 Å². The van der Waals surface area contributed by atoms with E-state index < -0.39 is 23.0 Å². The average Bonchev–Trinajstić information content (AvgIpc) is 2.98. The molecule has 0 N–H and O–H groups in total. The number of amides is 1. The van der Waals surface area contributed by atoms with Crippen LogP contribution in [0.4, 0.5) is 0 Å². The lowest BCUT2D eigenvalue weighted by Gasteiger charge is -2.30.